The standard InChI is InChI=1S/C19H16F2N6O2/c20-19(21)5-14(19)25-15(28)9-27-8-10-2-1-3-13(16(10)18(27)29)24-12-4-11-6-23-26-17(11)22-7-12/h1-4,6-7,14,24H,5,8-9H2,(H,25,28)(H,22,23,26). The molecule has 1 aliphatic heterocycles. The summed E-state index contributed by atoms with van der Waals surface area (Å²) in [6.07, 6.45) is 2.92. The van der Waals surface area contributed by atoms with Crippen LogP contribution in [-0.2, 0) is 11.3 Å². The second-order valence-corrected chi connectivity index (χ2v) is 7.24. The molecule has 0 saturated heterocycles. The SMILES string of the molecule is O=C(CN1Cc2cccc(Nc3cnc4[nH]ncc4c3)c2C1=O)NC1CC1(F)F. The summed E-state index contributed by atoms with van der Waals surface area (Å²) in [5, 5.41) is 13.0. The Hall–Kier alpha value is -3.56. The van der Waals surface area contributed by atoms with Crippen LogP contribution in [0.4, 0.5) is 20.2 Å². The van der Waals surface area contributed by atoms with Gasteiger partial charge in [-0.2, -0.15) is 5.10 Å². The number of hydrogen-bond donors (Lipinski definition) is 3. The molecular formula is C19H16F2N6O2. The Bertz CT molecular complexity index is 1140. The molecule has 1 aliphatic carbocycles. The zero-order valence-electron chi connectivity index (χ0n) is 15.1. The lowest BCUT2D eigenvalue weighted by Crippen LogP contribution is -2.39. The molecule has 1 saturated carbocycles. The van der Waals surface area contributed by atoms with Gasteiger partial charge in [-0.1, -0.05) is 12.1 Å². The number of fused-ring (bicyclic) bond motifs is 2. The third-order valence-corrected chi connectivity index (χ3v) is 5.08. The van der Waals surface area contributed by atoms with Crippen LogP contribution in [0.2, 0.25) is 0 Å². The number of anilines is 2. The summed E-state index contributed by atoms with van der Waals surface area (Å²) in [6, 6.07) is 6.11. The van der Waals surface area contributed by atoms with E-state index in [0.29, 0.717) is 22.6 Å². The Balaban J connectivity index is 1.33. The van der Waals surface area contributed by atoms with Crippen molar-refractivity contribution in [3.63, 3.8) is 0 Å². The summed E-state index contributed by atoms with van der Waals surface area (Å²) in [6.45, 7) is -0.0146. The van der Waals surface area contributed by atoms with Crippen LogP contribution < -0.4 is 10.6 Å². The Morgan fingerprint density at radius 2 is 2.17 bits per heavy atom. The molecule has 3 aromatic rings. The average molecular weight is 398 g/mol. The number of H-pyrrole nitrogens is 1. The number of aromatic nitrogens is 3. The number of pyridine rings is 1. The van der Waals surface area contributed by atoms with Gasteiger partial charge in [0.2, 0.25) is 5.91 Å². The van der Waals surface area contributed by atoms with E-state index in [1.165, 1.54) is 4.90 Å². The first kappa shape index (κ1) is 17.5. The number of hydrogen-bond acceptors (Lipinski definition) is 5. The van der Waals surface area contributed by atoms with Crippen molar-refractivity contribution in [2.24, 2.45) is 0 Å². The number of nitrogens with one attached hydrogen (secondary N) is 3. The number of aromatic amines is 1. The smallest absolute Gasteiger partial charge is 0.270 e. The van der Waals surface area contributed by atoms with Gasteiger partial charge in [0.1, 0.15) is 6.54 Å². The molecule has 148 valence electrons. The lowest BCUT2D eigenvalue weighted by atomic mass is 10.1. The van der Waals surface area contributed by atoms with E-state index >= 15 is 0 Å². The molecule has 1 fully saturated rings. The van der Waals surface area contributed by atoms with E-state index in [1.807, 2.05) is 18.2 Å². The molecule has 29 heavy (non-hydrogen) atoms. The van der Waals surface area contributed by atoms with Gasteiger partial charge in [0.15, 0.2) is 5.65 Å². The second kappa shape index (κ2) is 6.23. The van der Waals surface area contributed by atoms with Gasteiger partial charge >= 0.3 is 0 Å². The summed E-state index contributed by atoms with van der Waals surface area (Å²) >= 11 is 0. The predicted octanol–water partition coefficient (Wildman–Crippen LogP) is 2.18. The van der Waals surface area contributed by atoms with Crippen LogP contribution in [0.1, 0.15) is 22.3 Å². The minimum absolute atomic E-state index is 0.247. The summed E-state index contributed by atoms with van der Waals surface area (Å²) in [7, 11) is 0. The van der Waals surface area contributed by atoms with Crippen molar-refractivity contribution in [3.05, 3.63) is 47.8 Å². The largest absolute Gasteiger partial charge is 0.354 e. The van der Waals surface area contributed by atoms with Crippen molar-refractivity contribution >= 4 is 34.2 Å². The van der Waals surface area contributed by atoms with Crippen LogP contribution in [0.5, 0.6) is 0 Å². The molecule has 1 atom stereocenters. The maximum Gasteiger partial charge on any atom is 0.270 e. The van der Waals surface area contributed by atoms with E-state index in [4.69, 9.17) is 0 Å². The molecule has 0 bridgehead atoms. The normalized spacial score (nSPS) is 19.3. The van der Waals surface area contributed by atoms with Crippen molar-refractivity contribution in [2.75, 3.05) is 11.9 Å². The Labute approximate surface area is 163 Å². The van der Waals surface area contributed by atoms with Crippen molar-refractivity contribution < 1.29 is 18.4 Å². The van der Waals surface area contributed by atoms with Crippen LogP contribution >= 0.6 is 0 Å². The monoisotopic (exact) mass is 398 g/mol. The average Bonchev–Trinajstić information content (AvgIpc) is 3.00. The predicted molar refractivity (Wildman–Crippen MR) is 99.8 cm³/mol. The molecule has 2 aliphatic rings. The summed E-state index contributed by atoms with van der Waals surface area (Å²) < 4.78 is 26.0. The van der Waals surface area contributed by atoms with Gasteiger partial charge in [0, 0.05) is 18.4 Å². The summed E-state index contributed by atoms with van der Waals surface area (Å²) in [4.78, 5) is 30.5. The van der Waals surface area contributed by atoms with E-state index in [9.17, 15) is 18.4 Å². The van der Waals surface area contributed by atoms with Gasteiger partial charge in [-0.05, 0) is 17.7 Å². The zero-order chi connectivity index (χ0) is 20.2. The molecule has 0 spiro atoms. The first-order valence-electron chi connectivity index (χ1n) is 9.05. The Kier molecular flexibility index (Phi) is 3.76. The van der Waals surface area contributed by atoms with Crippen LogP contribution in [0, 0.1) is 0 Å². The zero-order valence-corrected chi connectivity index (χ0v) is 15.1. The highest BCUT2D eigenvalue weighted by Crippen LogP contribution is 2.41. The number of benzene rings is 1. The van der Waals surface area contributed by atoms with E-state index in [-0.39, 0.29) is 25.4 Å². The Morgan fingerprint density at radius 1 is 1.34 bits per heavy atom. The molecule has 1 aromatic carbocycles. The number of carbonyl (C=O) groups is 2. The topological polar surface area (TPSA) is 103 Å². The van der Waals surface area contributed by atoms with Crippen LogP contribution in [0.25, 0.3) is 11.0 Å². The molecule has 3 N–H and O–H groups in total. The van der Waals surface area contributed by atoms with Crippen LogP contribution in [0.15, 0.2) is 36.7 Å². The third kappa shape index (κ3) is 3.16. The van der Waals surface area contributed by atoms with Crippen molar-refractivity contribution in [1.29, 1.82) is 0 Å². The lowest BCUT2D eigenvalue weighted by molar-refractivity contribution is -0.122. The fourth-order valence-electron chi connectivity index (χ4n) is 3.50. The van der Waals surface area contributed by atoms with Gasteiger partial charge in [-0.15, -0.1) is 0 Å². The quantitative estimate of drug-likeness (QED) is 0.611. The van der Waals surface area contributed by atoms with Crippen LogP contribution in [-0.4, -0.2) is 50.4 Å². The molecule has 5 rings (SSSR count). The number of rotatable bonds is 5. The second-order valence-electron chi connectivity index (χ2n) is 7.24. The summed E-state index contributed by atoms with van der Waals surface area (Å²) in [5.41, 5.74) is 3.16. The fourth-order valence-corrected chi connectivity index (χ4v) is 3.50. The van der Waals surface area contributed by atoms with Gasteiger partial charge in [-0.3, -0.25) is 14.7 Å². The van der Waals surface area contributed by atoms with Crippen molar-refractivity contribution in [2.45, 2.75) is 24.9 Å². The van der Waals surface area contributed by atoms with Gasteiger partial charge in [0.25, 0.3) is 11.8 Å². The Morgan fingerprint density at radius 3 is 2.97 bits per heavy atom. The molecule has 1 unspecified atom stereocenters. The number of nitrogens with zero attached hydrogens (tertiary/aromatic N) is 3. The first-order chi connectivity index (χ1) is 13.9. The van der Waals surface area contributed by atoms with Crippen molar-refractivity contribution in [1.82, 2.24) is 25.4 Å². The molecule has 3 heterocycles. The minimum Gasteiger partial charge on any atom is -0.354 e. The maximum absolute atomic E-state index is 13.0. The molecular weight excluding hydrogens is 382 g/mol. The highest BCUT2D eigenvalue weighted by molar-refractivity contribution is 6.05. The van der Waals surface area contributed by atoms with Gasteiger partial charge < -0.3 is 15.5 Å². The summed E-state index contributed by atoms with van der Waals surface area (Å²) in [5.74, 6) is -3.75. The van der Waals surface area contributed by atoms with E-state index in [1.54, 1.807) is 18.5 Å². The molecule has 2 amide bonds. The van der Waals surface area contributed by atoms with Crippen LogP contribution in [0.3, 0.4) is 0 Å². The highest BCUT2D eigenvalue weighted by atomic mass is 19.3. The fraction of sp³-hybridized carbons (Fsp3) is 0.263. The molecule has 0 radical (unpaired) electrons. The maximum atomic E-state index is 13.0. The van der Waals surface area contributed by atoms with Gasteiger partial charge in [0.05, 0.1) is 35.4 Å². The number of halogens is 2. The van der Waals surface area contributed by atoms with Gasteiger partial charge in [-0.25, -0.2) is 13.8 Å². The molecule has 2 aromatic heterocycles. The molecule has 8 nitrogen and oxygen atoms in total. The molecule has 10 heteroatoms. The third-order valence-electron chi connectivity index (χ3n) is 5.08. The highest BCUT2D eigenvalue weighted by Gasteiger charge is 2.57. The first-order valence-corrected chi connectivity index (χ1v) is 9.05. The number of amides is 2. The number of carbonyl (C=O) groups excluding carboxylic acids is 2. The van der Waals surface area contributed by atoms with E-state index in [0.717, 1.165) is 10.9 Å². The van der Waals surface area contributed by atoms with E-state index in [2.05, 4.69) is 25.8 Å². The van der Waals surface area contributed by atoms with E-state index < -0.39 is 17.9 Å². The van der Waals surface area contributed by atoms with Crippen molar-refractivity contribution in [3.8, 4) is 0 Å². The minimum atomic E-state index is -2.84. The lowest BCUT2D eigenvalue weighted by Gasteiger charge is -2.15. The number of alkyl halides is 2.